The molecule has 0 radical (unpaired) electrons. The Kier molecular flexibility index (Phi) is 5.00. The topological polar surface area (TPSA) is 0 Å². The predicted octanol–water partition coefficient (Wildman–Crippen LogP) is 3.51. The molecular weight excluding hydrogens is 215 g/mol. The van der Waals surface area contributed by atoms with Crippen LogP contribution in [0.2, 0.25) is 17.7 Å². The van der Waals surface area contributed by atoms with Crippen LogP contribution in [0.25, 0.3) is 0 Å². The summed E-state index contributed by atoms with van der Waals surface area (Å²) in [5.41, 5.74) is 0. The summed E-state index contributed by atoms with van der Waals surface area (Å²) in [5.74, 6) is 0. The van der Waals surface area contributed by atoms with Crippen molar-refractivity contribution in [3.8, 4) is 0 Å². The van der Waals surface area contributed by atoms with Crippen molar-refractivity contribution in [1.82, 2.24) is 0 Å². The van der Waals surface area contributed by atoms with Gasteiger partial charge < -0.3 is 0 Å². The van der Waals surface area contributed by atoms with Gasteiger partial charge in [0.15, 0.2) is 0 Å². The molecule has 0 rings (SSSR count). The van der Waals surface area contributed by atoms with Crippen molar-refractivity contribution in [1.29, 1.82) is 0 Å². The summed E-state index contributed by atoms with van der Waals surface area (Å²) >= 11 is -1.39. The molecule has 0 amide bonds. The van der Waals surface area contributed by atoms with Gasteiger partial charge in [-0.15, -0.1) is 0 Å². The zero-order chi connectivity index (χ0) is 7.33. The van der Waals surface area contributed by atoms with Gasteiger partial charge in [-0.05, 0) is 0 Å². The molecule has 0 saturated heterocycles. The van der Waals surface area contributed by atoms with E-state index in [1.54, 1.807) is 17.7 Å². The fraction of sp³-hybridized carbons (Fsp3) is 1.00. The minimum absolute atomic E-state index is 1.39. The molecule has 0 fully saturated rings. The Balaban J connectivity index is 3.82. The first kappa shape index (κ1) is 9.80. The third kappa shape index (κ3) is 2.48. The SMILES string of the molecule is C[CH2][Sn-]([CH2]C)([CH2]C)[CH2]C. The fourth-order valence-electron chi connectivity index (χ4n) is 1.50. The average Bonchev–Trinajstić information content (AvgIpc) is 1.95. The molecule has 57 valence electrons. The molecular formula is C8H20Sn-. The molecule has 0 aromatic carbocycles. The Morgan fingerprint density at radius 2 is 0.889 bits per heavy atom. The Bertz CT molecular complexity index is 47.5. The van der Waals surface area contributed by atoms with E-state index in [2.05, 4.69) is 27.7 Å². The van der Waals surface area contributed by atoms with E-state index in [4.69, 9.17) is 0 Å². The van der Waals surface area contributed by atoms with E-state index in [1.807, 2.05) is 0 Å². The van der Waals surface area contributed by atoms with Crippen LogP contribution >= 0.6 is 0 Å². The first-order valence-electron chi connectivity index (χ1n) is 4.24. The normalized spacial score (nSPS) is 12.0. The fourth-order valence-corrected chi connectivity index (χ4v) is 10.1. The van der Waals surface area contributed by atoms with Crippen LogP contribution in [-0.2, 0) is 0 Å². The van der Waals surface area contributed by atoms with Crippen molar-refractivity contribution in [2.75, 3.05) is 0 Å². The van der Waals surface area contributed by atoms with Crippen molar-refractivity contribution < 1.29 is 0 Å². The second-order valence-corrected chi connectivity index (χ2v) is 19.5. The van der Waals surface area contributed by atoms with Crippen LogP contribution in [0.15, 0.2) is 0 Å². The van der Waals surface area contributed by atoms with Crippen molar-refractivity contribution in [3.63, 3.8) is 0 Å². The van der Waals surface area contributed by atoms with Crippen LogP contribution in [0, 0.1) is 0 Å². The van der Waals surface area contributed by atoms with Crippen LogP contribution in [0.1, 0.15) is 27.7 Å². The van der Waals surface area contributed by atoms with E-state index in [9.17, 15) is 0 Å². The summed E-state index contributed by atoms with van der Waals surface area (Å²) in [7, 11) is 0. The van der Waals surface area contributed by atoms with Gasteiger partial charge in [-0.25, -0.2) is 0 Å². The molecule has 0 spiro atoms. The van der Waals surface area contributed by atoms with Crippen LogP contribution < -0.4 is 0 Å². The monoisotopic (exact) mass is 236 g/mol. The summed E-state index contributed by atoms with van der Waals surface area (Å²) in [4.78, 5) is 0. The first-order chi connectivity index (χ1) is 4.24. The number of hydrogen-bond donors (Lipinski definition) is 0. The molecule has 0 N–H and O–H groups in total. The van der Waals surface area contributed by atoms with Crippen molar-refractivity contribution in [2.24, 2.45) is 0 Å². The molecule has 0 aliphatic heterocycles. The summed E-state index contributed by atoms with van der Waals surface area (Å²) in [6, 6.07) is 0. The van der Waals surface area contributed by atoms with Gasteiger partial charge in [0.25, 0.3) is 0 Å². The summed E-state index contributed by atoms with van der Waals surface area (Å²) < 4.78 is 6.22. The molecule has 0 nitrogen and oxygen atoms in total. The van der Waals surface area contributed by atoms with Crippen LogP contribution in [0.5, 0.6) is 0 Å². The van der Waals surface area contributed by atoms with Gasteiger partial charge in [-0.1, -0.05) is 0 Å². The van der Waals surface area contributed by atoms with Gasteiger partial charge in [-0.3, -0.25) is 0 Å². The average molecular weight is 235 g/mol. The van der Waals surface area contributed by atoms with Crippen LogP contribution in [-0.4, -0.2) is 18.4 Å². The quantitative estimate of drug-likeness (QED) is 0.654. The molecule has 0 heterocycles. The van der Waals surface area contributed by atoms with Gasteiger partial charge in [-0.2, -0.15) is 0 Å². The van der Waals surface area contributed by atoms with Gasteiger partial charge in [0.1, 0.15) is 0 Å². The molecule has 9 heavy (non-hydrogen) atoms. The maximum atomic E-state index is 2.40. The van der Waals surface area contributed by atoms with Gasteiger partial charge in [0, 0.05) is 0 Å². The summed E-state index contributed by atoms with van der Waals surface area (Å²) in [5, 5.41) is 0. The van der Waals surface area contributed by atoms with E-state index < -0.39 is 18.4 Å². The molecule has 0 aromatic rings. The second-order valence-electron chi connectivity index (χ2n) is 2.91. The predicted molar refractivity (Wildman–Crippen MR) is 47.7 cm³/mol. The number of rotatable bonds is 4. The maximum absolute atomic E-state index is 2.40. The van der Waals surface area contributed by atoms with Gasteiger partial charge in [0.2, 0.25) is 0 Å². The molecule has 0 aliphatic carbocycles. The Hall–Kier alpha value is 0.799. The van der Waals surface area contributed by atoms with Crippen molar-refractivity contribution in [3.05, 3.63) is 0 Å². The number of hydrogen-bond acceptors (Lipinski definition) is 0. The molecule has 0 saturated carbocycles. The zero-order valence-corrected chi connectivity index (χ0v) is 10.2. The second kappa shape index (κ2) is 4.59. The molecule has 0 aliphatic rings. The van der Waals surface area contributed by atoms with Crippen LogP contribution in [0.4, 0.5) is 0 Å². The Morgan fingerprint density at radius 1 is 0.667 bits per heavy atom. The van der Waals surface area contributed by atoms with E-state index in [1.165, 1.54) is 0 Å². The van der Waals surface area contributed by atoms with E-state index in [0.29, 0.717) is 0 Å². The Labute approximate surface area is 63.9 Å². The minimum atomic E-state index is -1.39. The molecule has 0 unspecified atom stereocenters. The van der Waals surface area contributed by atoms with Crippen molar-refractivity contribution in [2.45, 2.75) is 45.4 Å². The molecule has 0 atom stereocenters. The molecule has 0 bridgehead atoms. The molecule has 1 heteroatoms. The van der Waals surface area contributed by atoms with Crippen molar-refractivity contribution >= 4 is 18.4 Å². The summed E-state index contributed by atoms with van der Waals surface area (Å²) in [6.07, 6.45) is 0. The van der Waals surface area contributed by atoms with E-state index >= 15 is 0 Å². The van der Waals surface area contributed by atoms with Crippen LogP contribution in [0.3, 0.4) is 0 Å². The first-order valence-corrected chi connectivity index (χ1v) is 12.3. The van der Waals surface area contributed by atoms with E-state index in [0.717, 1.165) is 0 Å². The van der Waals surface area contributed by atoms with Gasteiger partial charge in [0.05, 0.1) is 0 Å². The standard InChI is InChI=1S/4C2H5.Sn/c4*1-2;/h4*1H2,2H3;/q;;;;-1. The third-order valence-electron chi connectivity index (χ3n) is 3.00. The Morgan fingerprint density at radius 3 is 0.889 bits per heavy atom. The summed E-state index contributed by atoms with van der Waals surface area (Å²) in [6.45, 7) is 9.58. The molecule has 0 aromatic heterocycles. The zero-order valence-electron chi connectivity index (χ0n) is 7.33. The third-order valence-corrected chi connectivity index (χ3v) is 20.1. The van der Waals surface area contributed by atoms with E-state index in [-0.39, 0.29) is 0 Å². The van der Waals surface area contributed by atoms with Gasteiger partial charge >= 0.3 is 63.8 Å².